The van der Waals surface area contributed by atoms with Crippen LogP contribution < -0.4 is 4.74 Å². The van der Waals surface area contributed by atoms with Crippen molar-refractivity contribution >= 4 is 26.8 Å². The van der Waals surface area contributed by atoms with Gasteiger partial charge in [-0.3, -0.25) is 4.79 Å². The summed E-state index contributed by atoms with van der Waals surface area (Å²) in [7, 11) is -1.69. The third-order valence-corrected chi connectivity index (χ3v) is 9.41. The lowest BCUT2D eigenvalue weighted by molar-refractivity contribution is -0.137. The number of H-pyrrole nitrogens is 1. The van der Waals surface area contributed by atoms with Gasteiger partial charge in [0.2, 0.25) is 15.9 Å². The molecule has 5 rings (SSSR count). The van der Waals surface area contributed by atoms with Crippen LogP contribution in [-0.2, 0) is 20.6 Å². The van der Waals surface area contributed by atoms with Gasteiger partial charge in [0.1, 0.15) is 5.75 Å². The molecule has 0 atom stereocenters. The van der Waals surface area contributed by atoms with E-state index in [1.807, 2.05) is 47.4 Å². The zero-order valence-corrected chi connectivity index (χ0v) is 21.0. The number of hydrogen-bond donors (Lipinski definition) is 1. The van der Waals surface area contributed by atoms with Crippen molar-refractivity contribution in [2.24, 2.45) is 5.92 Å². The van der Waals surface area contributed by atoms with Gasteiger partial charge in [0.15, 0.2) is 0 Å². The maximum absolute atomic E-state index is 13.2. The van der Waals surface area contributed by atoms with Gasteiger partial charge in [0.25, 0.3) is 0 Å². The van der Waals surface area contributed by atoms with Crippen molar-refractivity contribution in [1.29, 1.82) is 0 Å². The van der Waals surface area contributed by atoms with E-state index >= 15 is 0 Å². The molecule has 1 amide bonds. The number of sulfonamides is 1. The minimum atomic E-state index is -3.37. The van der Waals surface area contributed by atoms with Crippen molar-refractivity contribution in [2.75, 3.05) is 33.3 Å². The summed E-state index contributed by atoms with van der Waals surface area (Å²) < 4.78 is 32.6. The standard InChI is InChI=1S/C27H33N3O4S/c1-34-23-7-8-26-24(17-23)25(18-28-26)21-9-13-29(14-10-21)27(31)22-11-15-30(16-12-22)35(32,33)19-20-5-3-2-4-6-20/h2-8,17-18,21-22,28H,9-16,19H2,1H3. The number of aromatic nitrogens is 1. The van der Waals surface area contributed by atoms with Crippen LogP contribution in [0.2, 0.25) is 0 Å². The Kier molecular flexibility index (Phi) is 6.84. The lowest BCUT2D eigenvalue weighted by atomic mass is 9.88. The fourth-order valence-electron chi connectivity index (χ4n) is 5.51. The normalized spacial score (nSPS) is 18.7. The third kappa shape index (κ3) is 5.09. The molecule has 35 heavy (non-hydrogen) atoms. The maximum atomic E-state index is 13.2. The number of amides is 1. The Morgan fingerprint density at radius 1 is 1.00 bits per heavy atom. The zero-order chi connectivity index (χ0) is 24.4. The molecular weight excluding hydrogens is 462 g/mol. The van der Waals surface area contributed by atoms with Gasteiger partial charge in [0.05, 0.1) is 12.9 Å². The Labute approximate surface area is 207 Å². The number of hydrogen-bond acceptors (Lipinski definition) is 4. The van der Waals surface area contributed by atoms with E-state index in [0.29, 0.717) is 31.8 Å². The van der Waals surface area contributed by atoms with Gasteiger partial charge in [-0.05, 0) is 60.9 Å². The molecule has 2 aromatic carbocycles. The molecule has 0 unspecified atom stereocenters. The second kappa shape index (κ2) is 10.0. The van der Waals surface area contributed by atoms with Gasteiger partial charge in [0, 0.05) is 49.2 Å². The number of fused-ring (bicyclic) bond motifs is 1. The van der Waals surface area contributed by atoms with Crippen molar-refractivity contribution in [1.82, 2.24) is 14.2 Å². The number of nitrogens with one attached hydrogen (secondary N) is 1. The molecular formula is C27H33N3O4S. The largest absolute Gasteiger partial charge is 0.497 e. The average molecular weight is 496 g/mol. The molecule has 0 spiro atoms. The summed E-state index contributed by atoms with van der Waals surface area (Å²) in [6.07, 6.45) is 5.14. The summed E-state index contributed by atoms with van der Waals surface area (Å²) in [5.74, 6) is 1.36. The molecule has 1 aromatic heterocycles. The number of likely N-dealkylation sites (tertiary alicyclic amines) is 1. The number of methoxy groups -OCH3 is 1. The van der Waals surface area contributed by atoms with E-state index in [1.165, 1.54) is 10.9 Å². The number of aromatic amines is 1. The van der Waals surface area contributed by atoms with Crippen molar-refractivity contribution in [3.63, 3.8) is 0 Å². The molecule has 2 saturated heterocycles. The number of carbonyl (C=O) groups excluding carboxylic acids is 1. The highest BCUT2D eigenvalue weighted by atomic mass is 32.2. The van der Waals surface area contributed by atoms with Crippen LogP contribution in [0.5, 0.6) is 5.75 Å². The first-order valence-corrected chi connectivity index (χ1v) is 14.0. The summed E-state index contributed by atoms with van der Waals surface area (Å²) in [4.78, 5) is 18.6. The summed E-state index contributed by atoms with van der Waals surface area (Å²) >= 11 is 0. The summed E-state index contributed by atoms with van der Waals surface area (Å²) in [6, 6.07) is 15.4. The number of nitrogens with zero attached hydrogens (tertiary/aromatic N) is 2. The molecule has 3 heterocycles. The predicted molar refractivity (Wildman–Crippen MR) is 137 cm³/mol. The molecule has 2 aliphatic rings. The number of rotatable bonds is 6. The number of piperidine rings is 2. The first-order valence-electron chi connectivity index (χ1n) is 12.4. The summed E-state index contributed by atoms with van der Waals surface area (Å²) in [5.41, 5.74) is 3.19. The van der Waals surface area contributed by atoms with Crippen LogP contribution in [0.15, 0.2) is 54.7 Å². The Balaban J connectivity index is 1.15. The Bertz CT molecular complexity index is 1270. The Hall–Kier alpha value is -2.84. The van der Waals surface area contributed by atoms with Gasteiger partial charge in [-0.1, -0.05) is 30.3 Å². The van der Waals surface area contributed by atoms with Gasteiger partial charge in [-0.15, -0.1) is 0 Å². The van der Waals surface area contributed by atoms with Crippen LogP contribution in [-0.4, -0.2) is 61.8 Å². The predicted octanol–water partition coefficient (Wildman–Crippen LogP) is 4.12. The van der Waals surface area contributed by atoms with Crippen LogP contribution in [0, 0.1) is 5.92 Å². The highest BCUT2D eigenvalue weighted by Gasteiger charge is 2.34. The van der Waals surface area contributed by atoms with Crippen molar-refractivity contribution in [3.8, 4) is 5.75 Å². The van der Waals surface area contributed by atoms with Crippen LogP contribution in [0.1, 0.15) is 42.7 Å². The quantitative estimate of drug-likeness (QED) is 0.558. The number of ether oxygens (including phenoxy) is 1. The maximum Gasteiger partial charge on any atom is 0.225 e. The smallest absolute Gasteiger partial charge is 0.225 e. The van der Waals surface area contributed by atoms with Gasteiger partial charge in [-0.25, -0.2) is 12.7 Å². The van der Waals surface area contributed by atoms with E-state index in [-0.39, 0.29) is 17.6 Å². The fraction of sp³-hybridized carbons (Fsp3) is 0.444. The topological polar surface area (TPSA) is 82.7 Å². The van der Waals surface area contributed by atoms with Gasteiger partial charge >= 0.3 is 0 Å². The first-order chi connectivity index (χ1) is 16.9. The van der Waals surface area contributed by atoms with E-state index in [0.717, 1.165) is 42.8 Å². The lowest BCUT2D eigenvalue weighted by Crippen LogP contribution is -2.46. The third-order valence-electron chi connectivity index (χ3n) is 7.56. The molecule has 0 saturated carbocycles. The van der Waals surface area contributed by atoms with Crippen molar-refractivity contribution in [3.05, 3.63) is 65.9 Å². The second-order valence-electron chi connectivity index (χ2n) is 9.67. The van der Waals surface area contributed by atoms with Crippen LogP contribution in [0.3, 0.4) is 0 Å². The monoisotopic (exact) mass is 495 g/mol. The minimum Gasteiger partial charge on any atom is -0.497 e. The highest BCUT2D eigenvalue weighted by Crippen LogP contribution is 2.35. The van der Waals surface area contributed by atoms with Crippen LogP contribution in [0.25, 0.3) is 10.9 Å². The molecule has 7 nitrogen and oxygen atoms in total. The van der Waals surface area contributed by atoms with Gasteiger partial charge < -0.3 is 14.6 Å². The number of benzene rings is 2. The molecule has 0 radical (unpaired) electrons. The first kappa shape index (κ1) is 23.9. The molecule has 2 aliphatic heterocycles. The van der Waals surface area contributed by atoms with Crippen LogP contribution in [0.4, 0.5) is 0 Å². The minimum absolute atomic E-state index is 0.0136. The number of carbonyl (C=O) groups is 1. The summed E-state index contributed by atoms with van der Waals surface area (Å²) in [6.45, 7) is 2.32. The van der Waals surface area contributed by atoms with E-state index < -0.39 is 10.0 Å². The van der Waals surface area contributed by atoms with E-state index in [9.17, 15) is 13.2 Å². The van der Waals surface area contributed by atoms with Crippen molar-refractivity contribution in [2.45, 2.75) is 37.4 Å². The Morgan fingerprint density at radius 2 is 1.71 bits per heavy atom. The molecule has 2 fully saturated rings. The summed E-state index contributed by atoms with van der Waals surface area (Å²) in [5, 5.41) is 1.19. The molecule has 186 valence electrons. The van der Waals surface area contributed by atoms with E-state index in [4.69, 9.17) is 4.74 Å². The fourth-order valence-corrected chi connectivity index (χ4v) is 7.08. The molecule has 8 heteroatoms. The van der Waals surface area contributed by atoms with E-state index in [1.54, 1.807) is 11.4 Å². The van der Waals surface area contributed by atoms with E-state index in [2.05, 4.69) is 17.2 Å². The molecule has 1 N–H and O–H groups in total. The Morgan fingerprint density at radius 3 is 2.40 bits per heavy atom. The highest BCUT2D eigenvalue weighted by molar-refractivity contribution is 7.88. The SMILES string of the molecule is COc1ccc2[nH]cc(C3CCN(C(=O)C4CCN(S(=O)(=O)Cc5ccccc5)CC4)CC3)c2c1. The van der Waals surface area contributed by atoms with Gasteiger partial charge in [-0.2, -0.15) is 0 Å². The molecule has 3 aromatic rings. The molecule has 0 bridgehead atoms. The average Bonchev–Trinajstić information content (AvgIpc) is 3.32. The lowest BCUT2D eigenvalue weighted by Gasteiger charge is -2.37. The molecule has 0 aliphatic carbocycles. The van der Waals surface area contributed by atoms with Crippen LogP contribution >= 0.6 is 0 Å². The zero-order valence-electron chi connectivity index (χ0n) is 20.2. The van der Waals surface area contributed by atoms with Crippen molar-refractivity contribution < 1.29 is 17.9 Å². The second-order valence-corrected chi connectivity index (χ2v) is 11.6.